The number of oxazole rings is 1. The second-order valence-corrected chi connectivity index (χ2v) is 4.06. The fourth-order valence-electron chi connectivity index (χ4n) is 1.46. The zero-order valence-electron chi connectivity index (χ0n) is 9.86. The minimum atomic E-state index is -0.220. The van der Waals surface area contributed by atoms with E-state index in [2.05, 4.69) is 15.6 Å². The van der Waals surface area contributed by atoms with E-state index in [1.54, 1.807) is 0 Å². The van der Waals surface area contributed by atoms with Gasteiger partial charge in [-0.25, -0.2) is 9.78 Å². The van der Waals surface area contributed by atoms with Gasteiger partial charge in [0.2, 0.25) is 5.89 Å². The van der Waals surface area contributed by atoms with Crippen LogP contribution >= 0.6 is 0 Å². The first kappa shape index (κ1) is 11.4. The Hall–Kier alpha value is -2.04. The van der Waals surface area contributed by atoms with Gasteiger partial charge >= 0.3 is 6.03 Å². The van der Waals surface area contributed by atoms with Gasteiger partial charge in [0.1, 0.15) is 5.52 Å². The molecule has 0 bridgehead atoms. The van der Waals surface area contributed by atoms with Crippen LogP contribution in [0.1, 0.15) is 19.7 Å². The first-order valence-electron chi connectivity index (χ1n) is 5.54. The van der Waals surface area contributed by atoms with Crippen LogP contribution in [0.4, 0.5) is 4.79 Å². The first-order valence-corrected chi connectivity index (χ1v) is 5.54. The van der Waals surface area contributed by atoms with Crippen molar-refractivity contribution in [2.45, 2.75) is 26.4 Å². The number of fused-ring (bicyclic) bond motifs is 1. The van der Waals surface area contributed by atoms with Gasteiger partial charge in [0, 0.05) is 6.04 Å². The molecule has 0 aliphatic rings. The van der Waals surface area contributed by atoms with Crippen molar-refractivity contribution in [3.8, 4) is 0 Å². The molecule has 5 heteroatoms. The van der Waals surface area contributed by atoms with Crippen LogP contribution in [0.2, 0.25) is 0 Å². The van der Waals surface area contributed by atoms with Crippen molar-refractivity contribution in [2.75, 3.05) is 0 Å². The van der Waals surface area contributed by atoms with E-state index >= 15 is 0 Å². The standard InChI is InChI=1S/C12H15N3O2/c1-8(2)14-12(16)13-7-11-15-9-5-3-4-6-10(9)17-11/h3-6,8H,7H2,1-2H3,(H2,13,14,16). The molecule has 1 aromatic heterocycles. The summed E-state index contributed by atoms with van der Waals surface area (Å²) in [6.45, 7) is 4.09. The summed E-state index contributed by atoms with van der Waals surface area (Å²) in [7, 11) is 0. The van der Waals surface area contributed by atoms with E-state index in [0.717, 1.165) is 11.1 Å². The van der Waals surface area contributed by atoms with Gasteiger partial charge in [0.15, 0.2) is 5.58 Å². The summed E-state index contributed by atoms with van der Waals surface area (Å²) in [5.74, 6) is 0.505. The number of benzene rings is 1. The lowest BCUT2D eigenvalue weighted by atomic mass is 10.3. The summed E-state index contributed by atoms with van der Waals surface area (Å²) in [6, 6.07) is 7.39. The zero-order chi connectivity index (χ0) is 12.3. The first-order chi connectivity index (χ1) is 8.15. The number of aromatic nitrogens is 1. The molecule has 17 heavy (non-hydrogen) atoms. The fraction of sp³-hybridized carbons (Fsp3) is 0.333. The number of hydrogen-bond acceptors (Lipinski definition) is 3. The van der Waals surface area contributed by atoms with Crippen molar-refractivity contribution in [3.63, 3.8) is 0 Å². The average Bonchev–Trinajstić information content (AvgIpc) is 2.68. The summed E-state index contributed by atoms with van der Waals surface area (Å²) in [4.78, 5) is 15.6. The molecule has 0 spiro atoms. The second-order valence-electron chi connectivity index (χ2n) is 4.06. The molecule has 5 nitrogen and oxygen atoms in total. The molecule has 0 atom stereocenters. The molecule has 2 amide bonds. The van der Waals surface area contributed by atoms with E-state index in [4.69, 9.17) is 4.42 Å². The predicted molar refractivity (Wildman–Crippen MR) is 64.5 cm³/mol. The average molecular weight is 233 g/mol. The maximum Gasteiger partial charge on any atom is 0.315 e. The van der Waals surface area contributed by atoms with E-state index in [1.165, 1.54) is 0 Å². The van der Waals surface area contributed by atoms with Crippen molar-refractivity contribution < 1.29 is 9.21 Å². The van der Waals surface area contributed by atoms with E-state index in [1.807, 2.05) is 38.1 Å². The normalized spacial score (nSPS) is 10.8. The van der Waals surface area contributed by atoms with Gasteiger partial charge < -0.3 is 15.1 Å². The van der Waals surface area contributed by atoms with E-state index in [0.29, 0.717) is 5.89 Å². The van der Waals surface area contributed by atoms with Gasteiger partial charge in [-0.3, -0.25) is 0 Å². The smallest absolute Gasteiger partial charge is 0.315 e. The molecule has 0 fully saturated rings. The Morgan fingerprint density at radius 1 is 1.41 bits per heavy atom. The Balaban J connectivity index is 1.97. The monoisotopic (exact) mass is 233 g/mol. The molecule has 0 aliphatic heterocycles. The molecule has 1 heterocycles. The van der Waals surface area contributed by atoms with Gasteiger partial charge in [0.25, 0.3) is 0 Å². The molecule has 1 aromatic carbocycles. The second kappa shape index (κ2) is 4.86. The van der Waals surface area contributed by atoms with Gasteiger partial charge in [-0.1, -0.05) is 12.1 Å². The Kier molecular flexibility index (Phi) is 3.27. The third-order valence-corrected chi connectivity index (χ3v) is 2.16. The Morgan fingerprint density at radius 2 is 2.18 bits per heavy atom. The third kappa shape index (κ3) is 2.96. The van der Waals surface area contributed by atoms with Crippen LogP contribution in [0.25, 0.3) is 11.1 Å². The molecular weight excluding hydrogens is 218 g/mol. The minimum Gasteiger partial charge on any atom is -0.439 e. The van der Waals surface area contributed by atoms with Crippen LogP contribution in [-0.2, 0) is 6.54 Å². The number of rotatable bonds is 3. The molecular formula is C12H15N3O2. The topological polar surface area (TPSA) is 67.2 Å². The van der Waals surface area contributed by atoms with Crippen LogP contribution in [-0.4, -0.2) is 17.1 Å². The fourth-order valence-corrected chi connectivity index (χ4v) is 1.46. The van der Waals surface area contributed by atoms with E-state index in [-0.39, 0.29) is 18.6 Å². The van der Waals surface area contributed by atoms with Crippen molar-refractivity contribution in [1.29, 1.82) is 0 Å². The summed E-state index contributed by atoms with van der Waals surface area (Å²) in [5.41, 5.74) is 1.53. The number of para-hydroxylation sites is 2. The summed E-state index contributed by atoms with van der Waals surface area (Å²) in [6.07, 6.45) is 0. The molecule has 0 aliphatic carbocycles. The number of urea groups is 1. The molecule has 0 unspecified atom stereocenters. The lowest BCUT2D eigenvalue weighted by Gasteiger charge is -2.08. The Bertz CT molecular complexity index is 486. The number of carbonyl (C=O) groups is 1. The van der Waals surface area contributed by atoms with Gasteiger partial charge in [0.05, 0.1) is 6.54 Å². The van der Waals surface area contributed by atoms with Crippen LogP contribution in [0.15, 0.2) is 28.7 Å². The highest BCUT2D eigenvalue weighted by atomic mass is 16.3. The highest BCUT2D eigenvalue weighted by Gasteiger charge is 2.07. The van der Waals surface area contributed by atoms with Gasteiger partial charge in [-0.2, -0.15) is 0 Å². The zero-order valence-corrected chi connectivity index (χ0v) is 9.86. The minimum absolute atomic E-state index is 0.110. The quantitative estimate of drug-likeness (QED) is 0.852. The van der Waals surface area contributed by atoms with Crippen molar-refractivity contribution in [2.24, 2.45) is 0 Å². The van der Waals surface area contributed by atoms with Crippen LogP contribution in [0.5, 0.6) is 0 Å². The van der Waals surface area contributed by atoms with Crippen LogP contribution in [0.3, 0.4) is 0 Å². The van der Waals surface area contributed by atoms with Crippen molar-refractivity contribution in [3.05, 3.63) is 30.2 Å². The SMILES string of the molecule is CC(C)NC(=O)NCc1nc2ccccc2o1. The van der Waals surface area contributed by atoms with Gasteiger partial charge in [-0.15, -0.1) is 0 Å². The van der Waals surface area contributed by atoms with Gasteiger partial charge in [-0.05, 0) is 26.0 Å². The molecule has 2 aromatic rings. The summed E-state index contributed by atoms with van der Waals surface area (Å²) in [5, 5.41) is 5.41. The van der Waals surface area contributed by atoms with Crippen LogP contribution < -0.4 is 10.6 Å². The molecule has 90 valence electrons. The lowest BCUT2D eigenvalue weighted by molar-refractivity contribution is 0.237. The number of carbonyl (C=O) groups excluding carboxylic acids is 1. The van der Waals surface area contributed by atoms with Crippen molar-refractivity contribution >= 4 is 17.1 Å². The number of nitrogens with one attached hydrogen (secondary N) is 2. The van der Waals surface area contributed by atoms with Crippen molar-refractivity contribution in [1.82, 2.24) is 15.6 Å². The molecule has 0 saturated heterocycles. The maximum absolute atomic E-state index is 11.4. The maximum atomic E-state index is 11.4. The predicted octanol–water partition coefficient (Wildman–Crippen LogP) is 2.04. The van der Waals surface area contributed by atoms with E-state index < -0.39 is 0 Å². The number of hydrogen-bond donors (Lipinski definition) is 2. The highest BCUT2D eigenvalue weighted by Crippen LogP contribution is 2.14. The molecule has 2 rings (SSSR count). The molecule has 2 N–H and O–H groups in total. The highest BCUT2D eigenvalue weighted by molar-refractivity contribution is 5.74. The molecule has 0 saturated carbocycles. The molecule has 0 radical (unpaired) electrons. The largest absolute Gasteiger partial charge is 0.439 e. The number of nitrogens with zero attached hydrogens (tertiary/aromatic N) is 1. The Labute approximate surface area is 99.2 Å². The van der Waals surface area contributed by atoms with E-state index in [9.17, 15) is 4.79 Å². The lowest BCUT2D eigenvalue weighted by Crippen LogP contribution is -2.39. The number of amides is 2. The third-order valence-electron chi connectivity index (χ3n) is 2.16. The summed E-state index contributed by atoms with van der Waals surface area (Å²) >= 11 is 0. The Morgan fingerprint density at radius 3 is 2.88 bits per heavy atom. The summed E-state index contributed by atoms with van der Waals surface area (Å²) < 4.78 is 5.47. The van der Waals surface area contributed by atoms with Crippen LogP contribution in [0, 0.1) is 0 Å².